The fourth-order valence-electron chi connectivity index (χ4n) is 3.74. The van der Waals surface area contributed by atoms with Gasteiger partial charge in [0.15, 0.2) is 5.78 Å². The van der Waals surface area contributed by atoms with E-state index in [1.807, 2.05) is 57.2 Å². The van der Waals surface area contributed by atoms with Crippen molar-refractivity contribution in [1.29, 1.82) is 0 Å². The van der Waals surface area contributed by atoms with Crippen LogP contribution >= 0.6 is 0 Å². The molecule has 0 unspecified atom stereocenters. The summed E-state index contributed by atoms with van der Waals surface area (Å²) >= 11 is 0. The molecule has 30 heavy (non-hydrogen) atoms. The highest BCUT2D eigenvalue weighted by molar-refractivity contribution is 6.11. The van der Waals surface area contributed by atoms with Crippen LogP contribution in [0.1, 0.15) is 46.0 Å². The van der Waals surface area contributed by atoms with Gasteiger partial charge in [-0.3, -0.25) is 14.5 Å². The van der Waals surface area contributed by atoms with E-state index in [0.29, 0.717) is 18.4 Å². The standard InChI is InChI=1S/C24H28N2O4/c1-15-12-17(3)20(13-16(15)2)21(27)14-26-22(28)24(4,25-23(26)29)11-10-18-6-8-19(30-5)9-7-18/h6-9,12-13H,10-11,14H2,1-5H3,(H,25,29)/t24-/m0/s1. The van der Waals surface area contributed by atoms with E-state index in [4.69, 9.17) is 4.74 Å². The van der Waals surface area contributed by atoms with E-state index >= 15 is 0 Å². The molecule has 0 aromatic heterocycles. The highest BCUT2D eigenvalue weighted by atomic mass is 16.5. The van der Waals surface area contributed by atoms with Crippen LogP contribution in [0.3, 0.4) is 0 Å². The van der Waals surface area contributed by atoms with Crippen LogP contribution in [0.4, 0.5) is 4.79 Å². The SMILES string of the molecule is COc1ccc(CC[C@]2(C)NC(=O)N(CC(=O)c3cc(C)c(C)cc3C)C2=O)cc1. The lowest BCUT2D eigenvalue weighted by Gasteiger charge is -2.21. The second kappa shape index (κ2) is 8.30. The minimum Gasteiger partial charge on any atom is -0.497 e. The Bertz CT molecular complexity index is 997. The van der Waals surface area contributed by atoms with E-state index in [2.05, 4.69) is 5.32 Å². The molecule has 1 aliphatic rings. The van der Waals surface area contributed by atoms with Crippen LogP contribution in [0.25, 0.3) is 0 Å². The predicted octanol–water partition coefficient (Wildman–Crippen LogP) is 3.75. The van der Waals surface area contributed by atoms with Crippen LogP contribution in [-0.2, 0) is 11.2 Å². The zero-order chi connectivity index (χ0) is 22.1. The number of hydrogen-bond donors (Lipinski definition) is 1. The minimum absolute atomic E-state index is 0.237. The Hall–Kier alpha value is -3.15. The number of aryl methyl sites for hydroxylation is 4. The molecule has 0 aliphatic carbocycles. The number of ether oxygens (including phenoxy) is 1. The highest BCUT2D eigenvalue weighted by Crippen LogP contribution is 2.25. The molecule has 1 fully saturated rings. The predicted molar refractivity (Wildman–Crippen MR) is 115 cm³/mol. The van der Waals surface area contributed by atoms with Gasteiger partial charge in [0.25, 0.3) is 5.91 Å². The molecule has 0 saturated carbocycles. The molecule has 6 heteroatoms. The van der Waals surface area contributed by atoms with Crippen LogP contribution in [0, 0.1) is 20.8 Å². The maximum atomic E-state index is 13.0. The molecule has 2 aromatic rings. The number of carbonyl (C=O) groups is 3. The van der Waals surface area contributed by atoms with Crippen LogP contribution in [0.2, 0.25) is 0 Å². The third-order valence-corrected chi connectivity index (χ3v) is 5.86. The van der Waals surface area contributed by atoms with Gasteiger partial charge >= 0.3 is 6.03 Å². The Morgan fingerprint density at radius 1 is 1.03 bits per heavy atom. The van der Waals surface area contributed by atoms with Crippen LogP contribution < -0.4 is 10.1 Å². The topological polar surface area (TPSA) is 75.7 Å². The number of rotatable bonds is 7. The summed E-state index contributed by atoms with van der Waals surface area (Å²) in [7, 11) is 1.61. The molecule has 6 nitrogen and oxygen atoms in total. The third kappa shape index (κ3) is 4.22. The molecule has 0 bridgehead atoms. The molecule has 1 heterocycles. The quantitative estimate of drug-likeness (QED) is 0.559. The molecule has 0 radical (unpaired) electrons. The number of benzene rings is 2. The largest absolute Gasteiger partial charge is 0.497 e. The summed E-state index contributed by atoms with van der Waals surface area (Å²) in [6.07, 6.45) is 1.06. The van der Waals surface area contributed by atoms with E-state index < -0.39 is 11.6 Å². The molecule has 1 atom stereocenters. The van der Waals surface area contributed by atoms with Crippen molar-refractivity contribution in [3.63, 3.8) is 0 Å². The Kier molecular flexibility index (Phi) is 5.97. The van der Waals surface area contributed by atoms with Gasteiger partial charge in [-0.25, -0.2) is 4.79 Å². The first kappa shape index (κ1) is 21.6. The van der Waals surface area contributed by atoms with Crippen LogP contribution in [0.15, 0.2) is 36.4 Å². The number of methoxy groups -OCH3 is 1. The van der Waals surface area contributed by atoms with Crippen LogP contribution in [0.5, 0.6) is 5.75 Å². The number of nitrogens with zero attached hydrogens (tertiary/aromatic N) is 1. The van der Waals surface area contributed by atoms with Crippen molar-refractivity contribution in [2.45, 2.75) is 46.1 Å². The van der Waals surface area contributed by atoms with Crippen LogP contribution in [-0.4, -0.2) is 41.8 Å². The Labute approximate surface area is 177 Å². The normalized spacial score (nSPS) is 18.5. The van der Waals surface area contributed by atoms with Gasteiger partial charge in [0.05, 0.1) is 13.7 Å². The highest BCUT2D eigenvalue weighted by Gasteiger charge is 2.47. The summed E-state index contributed by atoms with van der Waals surface area (Å²) in [5, 5.41) is 2.78. The lowest BCUT2D eigenvalue weighted by molar-refractivity contribution is -0.130. The van der Waals surface area contributed by atoms with Crippen molar-refractivity contribution in [2.75, 3.05) is 13.7 Å². The number of nitrogens with one attached hydrogen (secondary N) is 1. The zero-order valence-corrected chi connectivity index (χ0v) is 18.2. The molecular formula is C24H28N2O4. The van der Waals surface area contributed by atoms with Gasteiger partial charge in [0.2, 0.25) is 0 Å². The molecule has 2 aromatic carbocycles. The number of hydrogen-bond acceptors (Lipinski definition) is 4. The third-order valence-electron chi connectivity index (χ3n) is 5.86. The van der Waals surface area contributed by atoms with Gasteiger partial charge in [-0.1, -0.05) is 18.2 Å². The monoisotopic (exact) mass is 408 g/mol. The first-order valence-corrected chi connectivity index (χ1v) is 10.0. The average Bonchev–Trinajstić information content (AvgIpc) is 2.93. The fourth-order valence-corrected chi connectivity index (χ4v) is 3.74. The number of imide groups is 1. The molecule has 3 amide bonds. The average molecular weight is 408 g/mol. The molecular weight excluding hydrogens is 380 g/mol. The van der Waals surface area contributed by atoms with Gasteiger partial charge in [0.1, 0.15) is 11.3 Å². The molecule has 158 valence electrons. The molecule has 3 rings (SSSR count). The van der Waals surface area contributed by atoms with Gasteiger partial charge < -0.3 is 10.1 Å². The lowest BCUT2D eigenvalue weighted by atomic mass is 9.93. The van der Waals surface area contributed by atoms with Gasteiger partial charge in [-0.15, -0.1) is 0 Å². The second-order valence-electron chi connectivity index (χ2n) is 8.18. The summed E-state index contributed by atoms with van der Waals surface area (Å²) in [4.78, 5) is 39.4. The maximum absolute atomic E-state index is 13.0. The van der Waals surface area contributed by atoms with E-state index in [1.165, 1.54) is 0 Å². The summed E-state index contributed by atoms with van der Waals surface area (Å²) < 4.78 is 5.16. The molecule has 1 aliphatic heterocycles. The van der Waals surface area contributed by atoms with Gasteiger partial charge in [-0.05, 0) is 81.0 Å². The van der Waals surface area contributed by atoms with Crippen molar-refractivity contribution >= 4 is 17.7 Å². The Balaban J connectivity index is 1.70. The van der Waals surface area contributed by atoms with Crippen molar-refractivity contribution in [2.24, 2.45) is 0 Å². The van der Waals surface area contributed by atoms with Crippen molar-refractivity contribution in [1.82, 2.24) is 10.2 Å². The van der Waals surface area contributed by atoms with E-state index in [-0.39, 0.29) is 18.2 Å². The molecule has 1 N–H and O–H groups in total. The molecule has 0 spiro atoms. The molecule has 1 saturated heterocycles. The van der Waals surface area contributed by atoms with Gasteiger partial charge in [0, 0.05) is 5.56 Å². The number of Topliss-reactive ketones (excluding diaryl/α,β-unsaturated/α-hetero) is 1. The minimum atomic E-state index is -1.03. The Morgan fingerprint density at radius 2 is 1.67 bits per heavy atom. The zero-order valence-electron chi connectivity index (χ0n) is 18.2. The summed E-state index contributed by atoms with van der Waals surface area (Å²) in [5.41, 5.74) is 3.51. The smallest absolute Gasteiger partial charge is 0.325 e. The summed E-state index contributed by atoms with van der Waals surface area (Å²) in [6, 6.07) is 10.9. The van der Waals surface area contributed by atoms with Crippen molar-refractivity contribution < 1.29 is 19.1 Å². The van der Waals surface area contributed by atoms with E-state index in [1.54, 1.807) is 14.0 Å². The number of urea groups is 1. The second-order valence-corrected chi connectivity index (χ2v) is 8.18. The van der Waals surface area contributed by atoms with E-state index in [9.17, 15) is 14.4 Å². The number of amides is 3. The van der Waals surface area contributed by atoms with E-state index in [0.717, 1.165) is 32.9 Å². The summed E-state index contributed by atoms with van der Waals surface area (Å²) in [5.74, 6) is 0.163. The summed E-state index contributed by atoms with van der Waals surface area (Å²) in [6.45, 7) is 7.25. The number of ketones is 1. The van der Waals surface area contributed by atoms with Crippen molar-refractivity contribution in [3.05, 3.63) is 64.2 Å². The Morgan fingerprint density at radius 3 is 2.30 bits per heavy atom. The first-order chi connectivity index (χ1) is 14.1. The number of carbonyl (C=O) groups excluding carboxylic acids is 3. The maximum Gasteiger partial charge on any atom is 0.325 e. The van der Waals surface area contributed by atoms with Crippen molar-refractivity contribution in [3.8, 4) is 5.75 Å². The van der Waals surface area contributed by atoms with Gasteiger partial charge in [-0.2, -0.15) is 0 Å². The fraction of sp³-hybridized carbons (Fsp3) is 0.375. The lowest BCUT2D eigenvalue weighted by Crippen LogP contribution is -2.44. The first-order valence-electron chi connectivity index (χ1n) is 10.0.